The van der Waals surface area contributed by atoms with Crippen molar-refractivity contribution in [2.24, 2.45) is 0 Å². The zero-order valence-corrected chi connectivity index (χ0v) is 16.1. The van der Waals surface area contributed by atoms with Gasteiger partial charge in [0.15, 0.2) is 0 Å². The van der Waals surface area contributed by atoms with E-state index < -0.39 is 17.2 Å². The number of carboxylic acids is 1. The third-order valence-electron chi connectivity index (χ3n) is 5.45. The van der Waals surface area contributed by atoms with Gasteiger partial charge >= 0.3 is 5.97 Å². The van der Waals surface area contributed by atoms with Crippen LogP contribution in [-0.2, 0) is 25.5 Å². The van der Waals surface area contributed by atoms with Gasteiger partial charge in [-0.3, -0.25) is 0 Å². The zero-order chi connectivity index (χ0) is 20.3. The topological polar surface area (TPSA) is 65.0 Å². The maximum Gasteiger partial charge on any atom is 0.369 e. The summed E-state index contributed by atoms with van der Waals surface area (Å²) < 4.78 is 17.3. The van der Waals surface area contributed by atoms with Crippen molar-refractivity contribution < 1.29 is 24.1 Å². The van der Waals surface area contributed by atoms with E-state index in [4.69, 9.17) is 14.2 Å². The quantitative estimate of drug-likeness (QED) is 0.714. The molecule has 5 heteroatoms. The Morgan fingerprint density at radius 1 is 0.793 bits per heavy atom. The van der Waals surface area contributed by atoms with Crippen LogP contribution in [0.15, 0.2) is 84.9 Å². The van der Waals surface area contributed by atoms with Crippen molar-refractivity contribution in [1.82, 2.24) is 0 Å². The Balaban J connectivity index is 1.74. The van der Waals surface area contributed by atoms with Gasteiger partial charge in [0.1, 0.15) is 5.75 Å². The minimum absolute atomic E-state index is 0.166. The normalized spacial score (nSPS) is 17.4. The molecule has 0 amide bonds. The molecule has 0 aliphatic carbocycles. The van der Waals surface area contributed by atoms with E-state index >= 15 is 0 Å². The predicted molar refractivity (Wildman–Crippen MR) is 108 cm³/mol. The Bertz CT molecular complexity index is 918. The summed E-state index contributed by atoms with van der Waals surface area (Å²) in [7, 11) is 1.56. The minimum Gasteiger partial charge on any atom is -0.497 e. The molecule has 0 atom stereocenters. The smallest absolute Gasteiger partial charge is 0.369 e. The van der Waals surface area contributed by atoms with E-state index in [0.29, 0.717) is 11.3 Å². The van der Waals surface area contributed by atoms with E-state index in [0.717, 1.165) is 11.1 Å². The summed E-state index contributed by atoms with van der Waals surface area (Å²) >= 11 is 0. The van der Waals surface area contributed by atoms with Gasteiger partial charge in [0.2, 0.25) is 0 Å². The average molecular weight is 390 g/mol. The van der Waals surface area contributed by atoms with E-state index in [1.54, 1.807) is 31.4 Å². The monoisotopic (exact) mass is 390 g/mol. The number of carboxylic acid groups (broad SMARTS) is 1. The van der Waals surface area contributed by atoms with E-state index in [1.165, 1.54) is 0 Å². The third kappa shape index (κ3) is 3.28. The molecule has 148 valence electrons. The molecule has 3 aromatic rings. The lowest BCUT2D eigenvalue weighted by Crippen LogP contribution is -2.54. The van der Waals surface area contributed by atoms with Gasteiger partial charge in [-0.2, -0.15) is 0 Å². The fourth-order valence-corrected chi connectivity index (χ4v) is 3.77. The molecular weight excluding hydrogens is 368 g/mol. The van der Waals surface area contributed by atoms with Crippen molar-refractivity contribution in [3.05, 3.63) is 102 Å². The molecule has 0 saturated carbocycles. The highest BCUT2D eigenvalue weighted by Gasteiger charge is 2.52. The molecule has 1 aliphatic rings. The summed E-state index contributed by atoms with van der Waals surface area (Å²) in [5, 5.41) is 10.00. The Morgan fingerprint density at radius 2 is 1.28 bits per heavy atom. The van der Waals surface area contributed by atoms with Crippen LogP contribution in [0.4, 0.5) is 0 Å². The molecule has 1 fully saturated rings. The molecular formula is C24H22O5. The Kier molecular flexibility index (Phi) is 5.09. The highest BCUT2D eigenvalue weighted by molar-refractivity contribution is 5.78. The number of rotatable bonds is 5. The summed E-state index contributed by atoms with van der Waals surface area (Å²) in [5.74, 6) is -2.41. The number of benzene rings is 3. The van der Waals surface area contributed by atoms with Gasteiger partial charge in [-0.1, -0.05) is 60.7 Å². The van der Waals surface area contributed by atoms with Crippen LogP contribution in [0.25, 0.3) is 0 Å². The van der Waals surface area contributed by atoms with Gasteiger partial charge in [0.25, 0.3) is 5.79 Å². The molecule has 1 aliphatic heterocycles. The second-order valence-corrected chi connectivity index (χ2v) is 7.04. The SMILES string of the molecule is COc1ccc(C2(C(=O)O)OCC(c3ccccc3)(c3ccccc3)CO2)cc1. The molecule has 29 heavy (non-hydrogen) atoms. The standard InChI is InChI=1S/C24H22O5/c1-27-21-14-12-20(13-15-21)24(22(25)26)28-16-23(17-29-24,18-8-4-2-5-9-18)19-10-6-3-7-11-19/h2-15H,16-17H2,1H3,(H,25,26). The number of hydrogen-bond acceptors (Lipinski definition) is 4. The lowest BCUT2D eigenvalue weighted by Gasteiger charge is -2.45. The van der Waals surface area contributed by atoms with Crippen LogP contribution in [0.2, 0.25) is 0 Å². The van der Waals surface area contributed by atoms with E-state index in [9.17, 15) is 9.90 Å². The van der Waals surface area contributed by atoms with Crippen LogP contribution in [0.5, 0.6) is 5.75 Å². The fourth-order valence-electron chi connectivity index (χ4n) is 3.77. The Hall–Kier alpha value is -3.15. The minimum atomic E-state index is -1.86. The van der Waals surface area contributed by atoms with Crippen LogP contribution in [0, 0.1) is 0 Å². The number of ether oxygens (including phenoxy) is 3. The van der Waals surface area contributed by atoms with Crippen LogP contribution in [-0.4, -0.2) is 31.4 Å². The Labute approximate surface area is 169 Å². The van der Waals surface area contributed by atoms with E-state index in [1.807, 2.05) is 60.7 Å². The molecule has 4 rings (SSSR count). The van der Waals surface area contributed by atoms with Crippen LogP contribution < -0.4 is 4.74 Å². The molecule has 0 spiro atoms. The summed E-state index contributed by atoms with van der Waals surface area (Å²) in [4.78, 5) is 12.2. The molecule has 5 nitrogen and oxygen atoms in total. The first-order chi connectivity index (χ1) is 14.1. The summed E-state index contributed by atoms with van der Waals surface area (Å²) in [6, 6.07) is 26.5. The van der Waals surface area contributed by atoms with Gasteiger partial charge in [0.05, 0.1) is 25.7 Å². The molecule has 1 heterocycles. The van der Waals surface area contributed by atoms with Crippen molar-refractivity contribution in [2.75, 3.05) is 20.3 Å². The second-order valence-electron chi connectivity index (χ2n) is 7.04. The maximum atomic E-state index is 12.2. The molecule has 0 aromatic heterocycles. The van der Waals surface area contributed by atoms with Crippen LogP contribution in [0.1, 0.15) is 16.7 Å². The zero-order valence-electron chi connectivity index (χ0n) is 16.1. The number of methoxy groups -OCH3 is 1. The molecule has 1 N–H and O–H groups in total. The van der Waals surface area contributed by atoms with Crippen molar-refractivity contribution in [3.8, 4) is 5.75 Å². The lowest BCUT2D eigenvalue weighted by molar-refractivity contribution is -0.287. The van der Waals surface area contributed by atoms with Crippen molar-refractivity contribution in [2.45, 2.75) is 11.2 Å². The van der Waals surface area contributed by atoms with Gasteiger partial charge < -0.3 is 19.3 Å². The van der Waals surface area contributed by atoms with Gasteiger partial charge in [-0.05, 0) is 35.4 Å². The predicted octanol–water partition coefficient (Wildman–Crippen LogP) is 3.97. The molecule has 3 aromatic carbocycles. The number of carbonyl (C=O) groups is 1. The fraction of sp³-hybridized carbons (Fsp3) is 0.208. The molecule has 1 saturated heterocycles. The molecule has 0 radical (unpaired) electrons. The van der Waals surface area contributed by atoms with Crippen molar-refractivity contribution in [1.29, 1.82) is 0 Å². The second kappa shape index (κ2) is 7.70. The summed E-state index contributed by atoms with van der Waals surface area (Å²) in [5.41, 5.74) is 1.84. The lowest BCUT2D eigenvalue weighted by atomic mass is 9.75. The van der Waals surface area contributed by atoms with Crippen LogP contribution >= 0.6 is 0 Å². The maximum absolute atomic E-state index is 12.2. The van der Waals surface area contributed by atoms with Crippen LogP contribution in [0.3, 0.4) is 0 Å². The Morgan fingerprint density at radius 3 is 1.69 bits per heavy atom. The van der Waals surface area contributed by atoms with Crippen molar-refractivity contribution in [3.63, 3.8) is 0 Å². The first-order valence-corrected chi connectivity index (χ1v) is 9.38. The van der Waals surface area contributed by atoms with Crippen molar-refractivity contribution >= 4 is 5.97 Å². The summed E-state index contributed by atoms with van der Waals surface area (Å²) in [6.45, 7) is 0.332. The first kappa shape index (κ1) is 19.2. The highest BCUT2D eigenvalue weighted by atomic mass is 16.7. The van der Waals surface area contributed by atoms with Gasteiger partial charge in [0, 0.05) is 5.56 Å². The van der Waals surface area contributed by atoms with E-state index in [2.05, 4.69) is 0 Å². The largest absolute Gasteiger partial charge is 0.497 e. The van der Waals surface area contributed by atoms with Gasteiger partial charge in [-0.15, -0.1) is 0 Å². The molecule has 0 unspecified atom stereocenters. The van der Waals surface area contributed by atoms with E-state index in [-0.39, 0.29) is 13.2 Å². The highest BCUT2D eigenvalue weighted by Crippen LogP contribution is 2.43. The first-order valence-electron chi connectivity index (χ1n) is 9.38. The third-order valence-corrected chi connectivity index (χ3v) is 5.45. The number of aliphatic carboxylic acids is 1. The van der Waals surface area contributed by atoms with Gasteiger partial charge in [-0.25, -0.2) is 4.79 Å². The molecule has 0 bridgehead atoms. The average Bonchev–Trinajstić information content (AvgIpc) is 2.80. The summed E-state index contributed by atoms with van der Waals surface area (Å²) in [6.07, 6.45) is 0. The number of hydrogen-bond donors (Lipinski definition) is 1.